The third-order valence-corrected chi connectivity index (χ3v) is 6.64. The van der Waals surface area contributed by atoms with E-state index in [1.807, 2.05) is 30.3 Å². The molecule has 0 aromatic heterocycles. The summed E-state index contributed by atoms with van der Waals surface area (Å²) in [6.45, 7) is 0.388. The number of phenolic OH excluding ortho intramolecular Hbond substituents is 1. The Balaban J connectivity index is 1.91. The lowest BCUT2D eigenvalue weighted by Gasteiger charge is -2.21. The SMILES string of the molecule is CS(=O)(=O)C(CC(N)C(=O)NCCCc1ccccc1)C(=O)[C@H](N)Cc1ccc(O)cc1. The van der Waals surface area contributed by atoms with Gasteiger partial charge in [0.05, 0.1) is 12.1 Å². The molecule has 8 nitrogen and oxygen atoms in total. The van der Waals surface area contributed by atoms with Gasteiger partial charge in [0, 0.05) is 12.8 Å². The summed E-state index contributed by atoms with van der Waals surface area (Å²) >= 11 is 0. The fraction of sp³-hybridized carbons (Fsp3) is 0.391. The van der Waals surface area contributed by atoms with Crippen LogP contribution in [0.1, 0.15) is 24.0 Å². The number of phenols is 1. The van der Waals surface area contributed by atoms with Gasteiger partial charge in [-0.25, -0.2) is 8.42 Å². The van der Waals surface area contributed by atoms with Crippen LogP contribution in [0, 0.1) is 0 Å². The monoisotopic (exact) mass is 461 g/mol. The second-order valence-corrected chi connectivity index (χ2v) is 10.1. The normalized spacial score (nSPS) is 14.3. The fourth-order valence-electron chi connectivity index (χ4n) is 3.34. The van der Waals surface area contributed by atoms with E-state index in [2.05, 4.69) is 5.32 Å². The van der Waals surface area contributed by atoms with Crippen molar-refractivity contribution < 1.29 is 23.1 Å². The summed E-state index contributed by atoms with van der Waals surface area (Å²) in [4.78, 5) is 25.1. The van der Waals surface area contributed by atoms with Gasteiger partial charge in [0.25, 0.3) is 0 Å². The molecule has 0 spiro atoms. The van der Waals surface area contributed by atoms with Crippen molar-refractivity contribution >= 4 is 21.5 Å². The lowest BCUT2D eigenvalue weighted by Crippen LogP contribution is -2.49. The summed E-state index contributed by atoms with van der Waals surface area (Å²) in [6.07, 6.45) is 2.19. The van der Waals surface area contributed by atoms with Gasteiger partial charge in [-0.2, -0.15) is 0 Å². The molecule has 2 aromatic carbocycles. The van der Waals surface area contributed by atoms with Crippen molar-refractivity contribution in [3.8, 4) is 5.75 Å². The highest BCUT2D eigenvalue weighted by molar-refractivity contribution is 7.92. The molecule has 0 fully saturated rings. The lowest BCUT2D eigenvalue weighted by molar-refractivity contribution is -0.123. The minimum atomic E-state index is -3.83. The van der Waals surface area contributed by atoms with Crippen molar-refractivity contribution in [2.45, 2.75) is 43.0 Å². The number of nitrogens with two attached hydrogens (primary N) is 2. The van der Waals surface area contributed by atoms with Crippen LogP contribution < -0.4 is 16.8 Å². The second-order valence-electron chi connectivity index (χ2n) is 7.92. The maximum atomic E-state index is 12.8. The Morgan fingerprint density at radius 2 is 1.59 bits per heavy atom. The standard InChI is InChI=1S/C23H31N3O5S/c1-32(30,31)21(22(28)19(24)14-17-9-11-18(27)12-10-17)15-20(25)23(29)26-13-5-8-16-6-3-2-4-7-16/h2-4,6-7,9-12,19-21,27H,5,8,13-15,24-25H2,1H3,(H,26,29)/t19-,20?,21?/m1/s1. The molecule has 174 valence electrons. The molecule has 3 atom stereocenters. The molecule has 0 saturated heterocycles. The molecule has 0 aliphatic rings. The van der Waals surface area contributed by atoms with Crippen molar-refractivity contribution in [1.29, 1.82) is 0 Å². The minimum absolute atomic E-state index is 0.0726. The van der Waals surface area contributed by atoms with E-state index in [0.29, 0.717) is 18.5 Å². The van der Waals surface area contributed by atoms with Crippen LogP contribution in [0.15, 0.2) is 54.6 Å². The molecule has 6 N–H and O–H groups in total. The van der Waals surface area contributed by atoms with E-state index in [0.717, 1.165) is 18.2 Å². The number of hydrogen-bond donors (Lipinski definition) is 4. The van der Waals surface area contributed by atoms with E-state index >= 15 is 0 Å². The zero-order valence-electron chi connectivity index (χ0n) is 18.1. The first-order chi connectivity index (χ1) is 15.1. The maximum absolute atomic E-state index is 12.8. The van der Waals surface area contributed by atoms with Crippen molar-refractivity contribution in [2.24, 2.45) is 11.5 Å². The molecule has 0 saturated carbocycles. The number of benzene rings is 2. The molecule has 2 rings (SSSR count). The largest absolute Gasteiger partial charge is 0.508 e. The summed E-state index contributed by atoms with van der Waals surface area (Å²) in [5.41, 5.74) is 13.7. The van der Waals surface area contributed by atoms with Crippen LogP contribution in [0.4, 0.5) is 0 Å². The maximum Gasteiger partial charge on any atom is 0.236 e. The Morgan fingerprint density at radius 3 is 2.19 bits per heavy atom. The predicted octanol–water partition coefficient (Wildman–Crippen LogP) is 0.711. The number of amides is 1. The van der Waals surface area contributed by atoms with Crippen LogP contribution in [0.3, 0.4) is 0 Å². The molecule has 9 heteroatoms. The van der Waals surface area contributed by atoms with Crippen LogP contribution >= 0.6 is 0 Å². The van der Waals surface area contributed by atoms with Gasteiger partial charge in [-0.15, -0.1) is 0 Å². The highest BCUT2D eigenvalue weighted by Gasteiger charge is 2.35. The first-order valence-corrected chi connectivity index (χ1v) is 12.4. The second kappa shape index (κ2) is 11.8. The van der Waals surface area contributed by atoms with E-state index in [9.17, 15) is 23.1 Å². The van der Waals surface area contributed by atoms with E-state index in [1.165, 1.54) is 12.1 Å². The van der Waals surface area contributed by atoms with Gasteiger partial charge in [0.2, 0.25) is 5.91 Å². The summed E-state index contributed by atoms with van der Waals surface area (Å²) in [7, 11) is -3.83. The molecule has 2 aromatic rings. The third kappa shape index (κ3) is 8.07. The number of aryl methyl sites for hydroxylation is 1. The van der Waals surface area contributed by atoms with Crippen LogP contribution in [0.25, 0.3) is 0 Å². The van der Waals surface area contributed by atoms with Crippen LogP contribution in [-0.2, 0) is 32.3 Å². The number of aromatic hydroxyl groups is 1. The number of hydrogen-bond acceptors (Lipinski definition) is 7. The predicted molar refractivity (Wildman–Crippen MR) is 124 cm³/mol. The average molecular weight is 462 g/mol. The third-order valence-electron chi connectivity index (χ3n) is 5.18. The van der Waals surface area contributed by atoms with Gasteiger partial charge in [-0.1, -0.05) is 42.5 Å². The summed E-state index contributed by atoms with van der Waals surface area (Å²) in [5.74, 6) is -1.12. The van der Waals surface area contributed by atoms with E-state index in [-0.39, 0.29) is 18.6 Å². The Hall–Kier alpha value is -2.75. The fourth-order valence-corrected chi connectivity index (χ4v) is 4.50. The molecule has 0 bridgehead atoms. The van der Waals surface area contributed by atoms with E-state index in [1.54, 1.807) is 12.1 Å². The molecule has 32 heavy (non-hydrogen) atoms. The number of rotatable bonds is 12. The smallest absolute Gasteiger partial charge is 0.236 e. The average Bonchev–Trinajstić information content (AvgIpc) is 2.75. The topological polar surface area (TPSA) is 153 Å². The summed E-state index contributed by atoms with van der Waals surface area (Å²) in [6, 6.07) is 13.7. The number of nitrogens with one attached hydrogen (secondary N) is 1. The zero-order valence-corrected chi connectivity index (χ0v) is 18.9. The van der Waals surface area contributed by atoms with Crippen molar-refractivity contribution in [3.05, 3.63) is 65.7 Å². The lowest BCUT2D eigenvalue weighted by atomic mass is 9.98. The van der Waals surface area contributed by atoms with Gasteiger partial charge in [-0.05, 0) is 48.9 Å². The Morgan fingerprint density at radius 1 is 0.969 bits per heavy atom. The first kappa shape index (κ1) is 25.5. The van der Waals surface area contributed by atoms with Crippen molar-refractivity contribution in [3.63, 3.8) is 0 Å². The van der Waals surface area contributed by atoms with Gasteiger partial charge in [0.1, 0.15) is 11.0 Å². The number of ketones is 1. The first-order valence-electron chi connectivity index (χ1n) is 10.4. The number of Topliss-reactive ketones (excluding diaryl/α,β-unsaturated/α-hetero) is 1. The Bertz CT molecular complexity index is 994. The van der Waals surface area contributed by atoms with Gasteiger partial charge < -0.3 is 21.9 Å². The number of sulfone groups is 1. The van der Waals surface area contributed by atoms with Gasteiger partial charge in [0.15, 0.2) is 15.6 Å². The molecular formula is C23H31N3O5S. The van der Waals surface area contributed by atoms with Crippen LogP contribution in [-0.4, -0.2) is 55.3 Å². The van der Waals surface area contributed by atoms with E-state index < -0.39 is 38.9 Å². The highest BCUT2D eigenvalue weighted by atomic mass is 32.2. The number of carbonyl (C=O) groups excluding carboxylic acids is 2. The van der Waals surface area contributed by atoms with Gasteiger partial charge >= 0.3 is 0 Å². The zero-order chi connectivity index (χ0) is 23.7. The minimum Gasteiger partial charge on any atom is -0.508 e. The Kier molecular flexibility index (Phi) is 9.37. The Labute approximate surface area is 188 Å². The molecule has 2 unspecified atom stereocenters. The molecular weight excluding hydrogens is 430 g/mol. The van der Waals surface area contributed by atoms with Crippen LogP contribution in [0.2, 0.25) is 0 Å². The van der Waals surface area contributed by atoms with E-state index in [4.69, 9.17) is 11.5 Å². The van der Waals surface area contributed by atoms with Crippen molar-refractivity contribution in [1.82, 2.24) is 5.32 Å². The number of carbonyl (C=O) groups is 2. The summed E-state index contributed by atoms with van der Waals surface area (Å²) in [5, 5.41) is 10.6. The van der Waals surface area contributed by atoms with Crippen molar-refractivity contribution in [2.75, 3.05) is 12.8 Å². The van der Waals surface area contributed by atoms with Gasteiger partial charge in [-0.3, -0.25) is 9.59 Å². The molecule has 0 radical (unpaired) electrons. The quantitative estimate of drug-likeness (QED) is 0.340. The molecule has 0 aliphatic heterocycles. The summed E-state index contributed by atoms with van der Waals surface area (Å²) < 4.78 is 24.5. The molecule has 1 amide bonds. The molecule has 0 heterocycles. The van der Waals surface area contributed by atoms with Crippen LogP contribution in [0.5, 0.6) is 5.75 Å². The molecule has 0 aliphatic carbocycles. The highest BCUT2D eigenvalue weighted by Crippen LogP contribution is 2.15.